The summed E-state index contributed by atoms with van der Waals surface area (Å²) in [5, 5.41) is 2.55. The van der Waals surface area contributed by atoms with Crippen LogP contribution in [-0.4, -0.2) is 48.3 Å². The van der Waals surface area contributed by atoms with Gasteiger partial charge in [-0.05, 0) is 30.9 Å². The van der Waals surface area contributed by atoms with Gasteiger partial charge in [0.05, 0.1) is 18.3 Å². The number of amides is 3. The van der Waals surface area contributed by atoms with E-state index in [9.17, 15) is 23.6 Å². The first-order chi connectivity index (χ1) is 14.0. The van der Waals surface area contributed by atoms with Gasteiger partial charge in [-0.15, -0.1) is 0 Å². The first-order valence-electron chi connectivity index (χ1n) is 9.63. The number of fused-ring (bicyclic) bond motifs is 1. The van der Waals surface area contributed by atoms with E-state index in [4.69, 9.17) is 4.74 Å². The van der Waals surface area contributed by atoms with Crippen molar-refractivity contribution in [1.82, 2.24) is 10.2 Å². The zero-order valence-electron chi connectivity index (χ0n) is 15.9. The van der Waals surface area contributed by atoms with Gasteiger partial charge >= 0.3 is 5.97 Å². The van der Waals surface area contributed by atoms with Gasteiger partial charge in [0.15, 0.2) is 6.61 Å². The summed E-state index contributed by atoms with van der Waals surface area (Å²) < 4.78 is 18.4. The summed E-state index contributed by atoms with van der Waals surface area (Å²) in [6.07, 6.45) is 5.05. The fourth-order valence-corrected chi connectivity index (χ4v) is 3.60. The lowest BCUT2D eigenvalue weighted by molar-refractivity contribution is -0.149. The van der Waals surface area contributed by atoms with Crippen LogP contribution in [0.3, 0.4) is 0 Å². The molecule has 2 aliphatic rings. The molecular formula is C21H23FN2O5. The Morgan fingerprint density at radius 3 is 2.41 bits per heavy atom. The fourth-order valence-electron chi connectivity index (χ4n) is 3.60. The Labute approximate surface area is 167 Å². The molecule has 3 rings (SSSR count). The van der Waals surface area contributed by atoms with Gasteiger partial charge < -0.3 is 10.1 Å². The molecule has 154 valence electrons. The molecule has 0 unspecified atom stereocenters. The number of esters is 1. The highest BCUT2D eigenvalue weighted by molar-refractivity contribution is 6.05. The zero-order chi connectivity index (χ0) is 20.8. The van der Waals surface area contributed by atoms with Crippen LogP contribution >= 0.6 is 0 Å². The molecule has 0 spiro atoms. The van der Waals surface area contributed by atoms with E-state index in [-0.39, 0.29) is 49.0 Å². The number of hydrogen-bond acceptors (Lipinski definition) is 5. The topological polar surface area (TPSA) is 92.8 Å². The number of likely N-dealkylation sites (tertiary alicyclic amines) is 1. The maximum absolute atomic E-state index is 13.5. The lowest BCUT2D eigenvalue weighted by atomic mass is 9.85. The molecule has 1 aliphatic heterocycles. The number of carbonyl (C=O) groups excluding carboxylic acids is 4. The number of hydrogen-bond donors (Lipinski definition) is 1. The summed E-state index contributed by atoms with van der Waals surface area (Å²) in [4.78, 5) is 49.4. The number of rotatable bonds is 8. The summed E-state index contributed by atoms with van der Waals surface area (Å²) in [6, 6.07) is 6.28. The lowest BCUT2D eigenvalue weighted by Gasteiger charge is -2.14. The molecule has 1 heterocycles. The van der Waals surface area contributed by atoms with Gasteiger partial charge in [-0.1, -0.05) is 30.4 Å². The highest BCUT2D eigenvalue weighted by Crippen LogP contribution is 2.34. The Hall–Kier alpha value is -3.03. The maximum atomic E-state index is 13.5. The fraction of sp³-hybridized carbons (Fsp3) is 0.429. The molecule has 7 nitrogen and oxygen atoms in total. The van der Waals surface area contributed by atoms with Crippen LogP contribution in [0, 0.1) is 17.7 Å². The Kier molecular flexibility index (Phi) is 6.74. The number of nitrogens with zero attached hydrogens (tertiary/aromatic N) is 1. The second-order valence-corrected chi connectivity index (χ2v) is 7.09. The number of nitrogens with one attached hydrogen (secondary N) is 1. The normalized spacial score (nSPS) is 20.5. The lowest BCUT2D eigenvalue weighted by Crippen LogP contribution is -2.34. The third-order valence-electron chi connectivity index (χ3n) is 5.18. The van der Waals surface area contributed by atoms with Crippen molar-refractivity contribution in [1.29, 1.82) is 0 Å². The quantitative estimate of drug-likeness (QED) is 0.403. The Bertz CT molecular complexity index is 812. The van der Waals surface area contributed by atoms with Crippen LogP contribution in [0.4, 0.5) is 4.39 Å². The summed E-state index contributed by atoms with van der Waals surface area (Å²) in [7, 11) is 0. The van der Waals surface area contributed by atoms with Crippen molar-refractivity contribution in [3.8, 4) is 0 Å². The minimum Gasteiger partial charge on any atom is -0.456 e. The molecule has 0 aromatic heterocycles. The van der Waals surface area contributed by atoms with Crippen molar-refractivity contribution in [2.75, 3.05) is 19.7 Å². The van der Waals surface area contributed by atoms with E-state index >= 15 is 0 Å². The van der Waals surface area contributed by atoms with Crippen LogP contribution in [0.1, 0.15) is 24.8 Å². The second kappa shape index (κ2) is 9.45. The van der Waals surface area contributed by atoms with Crippen LogP contribution in [0.2, 0.25) is 0 Å². The van der Waals surface area contributed by atoms with Crippen molar-refractivity contribution in [2.24, 2.45) is 11.8 Å². The molecule has 29 heavy (non-hydrogen) atoms. The summed E-state index contributed by atoms with van der Waals surface area (Å²) in [5.74, 6) is -2.66. The average molecular weight is 402 g/mol. The Balaban J connectivity index is 1.35. The SMILES string of the molecule is O=C(COC(=O)CCN1C(=O)[C@H]2CC=CC[C@@H]2C1=O)NCCc1ccccc1F. The second-order valence-electron chi connectivity index (χ2n) is 7.09. The van der Waals surface area contributed by atoms with Gasteiger partial charge in [0.1, 0.15) is 5.82 Å². The van der Waals surface area contributed by atoms with Gasteiger partial charge in [-0.25, -0.2) is 4.39 Å². The van der Waals surface area contributed by atoms with Gasteiger partial charge in [0.25, 0.3) is 5.91 Å². The van der Waals surface area contributed by atoms with E-state index in [1.807, 2.05) is 12.2 Å². The molecule has 2 atom stereocenters. The monoisotopic (exact) mass is 402 g/mol. The van der Waals surface area contributed by atoms with Gasteiger partial charge in [0.2, 0.25) is 11.8 Å². The largest absolute Gasteiger partial charge is 0.456 e. The van der Waals surface area contributed by atoms with Crippen LogP contribution in [-0.2, 0) is 30.3 Å². The minimum absolute atomic E-state index is 0.0433. The predicted octanol–water partition coefficient (Wildman–Crippen LogP) is 1.37. The molecule has 0 radical (unpaired) electrons. The summed E-state index contributed by atoms with van der Waals surface area (Å²) >= 11 is 0. The number of ether oxygens (including phenoxy) is 1. The van der Waals surface area contributed by atoms with Crippen molar-refractivity contribution >= 4 is 23.7 Å². The van der Waals surface area contributed by atoms with Gasteiger partial charge in [0, 0.05) is 13.1 Å². The molecule has 1 aromatic rings. The van der Waals surface area contributed by atoms with Crippen molar-refractivity contribution < 1.29 is 28.3 Å². The van der Waals surface area contributed by atoms with Crippen molar-refractivity contribution in [3.05, 3.63) is 47.8 Å². The zero-order valence-corrected chi connectivity index (χ0v) is 15.9. The summed E-state index contributed by atoms with van der Waals surface area (Å²) in [6.45, 7) is -0.295. The van der Waals surface area contributed by atoms with Crippen molar-refractivity contribution in [2.45, 2.75) is 25.7 Å². The third-order valence-corrected chi connectivity index (χ3v) is 5.18. The maximum Gasteiger partial charge on any atom is 0.308 e. The van der Waals surface area contributed by atoms with E-state index in [1.54, 1.807) is 18.2 Å². The average Bonchev–Trinajstić information content (AvgIpc) is 2.97. The number of allylic oxidation sites excluding steroid dienone is 2. The van der Waals surface area contributed by atoms with E-state index in [0.29, 0.717) is 24.8 Å². The molecule has 1 aromatic carbocycles. The highest BCUT2D eigenvalue weighted by Gasteiger charge is 2.46. The molecule has 0 saturated carbocycles. The van der Waals surface area contributed by atoms with Crippen LogP contribution < -0.4 is 5.32 Å². The van der Waals surface area contributed by atoms with E-state index in [0.717, 1.165) is 4.90 Å². The molecule has 1 N–H and O–H groups in total. The molecule has 0 bridgehead atoms. The number of imide groups is 1. The Morgan fingerprint density at radius 2 is 1.76 bits per heavy atom. The third kappa shape index (κ3) is 5.07. The molecular weight excluding hydrogens is 379 g/mol. The van der Waals surface area contributed by atoms with E-state index in [2.05, 4.69) is 5.32 Å². The molecule has 1 fully saturated rings. The Morgan fingerprint density at radius 1 is 1.10 bits per heavy atom. The van der Waals surface area contributed by atoms with E-state index < -0.39 is 18.5 Å². The summed E-state index contributed by atoms with van der Waals surface area (Å²) in [5.41, 5.74) is 0.487. The molecule has 8 heteroatoms. The number of benzene rings is 1. The van der Waals surface area contributed by atoms with E-state index in [1.165, 1.54) is 6.07 Å². The van der Waals surface area contributed by atoms with Crippen LogP contribution in [0.5, 0.6) is 0 Å². The smallest absolute Gasteiger partial charge is 0.308 e. The highest BCUT2D eigenvalue weighted by atomic mass is 19.1. The minimum atomic E-state index is -0.664. The van der Waals surface area contributed by atoms with Crippen LogP contribution in [0.15, 0.2) is 36.4 Å². The number of carbonyl (C=O) groups is 4. The van der Waals surface area contributed by atoms with Crippen LogP contribution in [0.25, 0.3) is 0 Å². The number of halogens is 1. The van der Waals surface area contributed by atoms with Gasteiger partial charge in [-0.3, -0.25) is 24.1 Å². The standard InChI is InChI=1S/C21H23FN2O5/c22-17-8-4-1-5-14(17)9-11-23-18(25)13-29-19(26)10-12-24-20(27)15-6-2-3-7-16(15)21(24)28/h1-5,8,15-16H,6-7,9-13H2,(H,23,25)/t15-,16-/m0/s1. The van der Waals surface area contributed by atoms with Gasteiger partial charge in [-0.2, -0.15) is 0 Å². The first-order valence-corrected chi connectivity index (χ1v) is 9.63. The molecule has 1 saturated heterocycles. The molecule has 3 amide bonds. The van der Waals surface area contributed by atoms with Crippen molar-refractivity contribution in [3.63, 3.8) is 0 Å². The first kappa shape index (κ1) is 20.7. The predicted molar refractivity (Wildman–Crippen MR) is 101 cm³/mol. The molecule has 1 aliphatic carbocycles.